The standard InChI is InChI=1S/C13H8BrN3/c14-13-7-12(15-8-16-13)11-6-5-9-3-1-2-4-10(9)17-11/h1-8H. The normalized spacial score (nSPS) is 10.6. The van der Waals surface area contributed by atoms with E-state index < -0.39 is 0 Å². The van der Waals surface area contributed by atoms with E-state index in [1.54, 1.807) is 0 Å². The summed E-state index contributed by atoms with van der Waals surface area (Å²) in [4.78, 5) is 12.8. The Balaban J connectivity index is 2.18. The summed E-state index contributed by atoms with van der Waals surface area (Å²) in [6.07, 6.45) is 1.52. The molecule has 0 spiro atoms. The Morgan fingerprint density at radius 2 is 1.76 bits per heavy atom. The molecule has 0 fully saturated rings. The van der Waals surface area contributed by atoms with E-state index in [0.29, 0.717) is 0 Å². The number of para-hydroxylation sites is 1. The number of rotatable bonds is 1. The van der Waals surface area contributed by atoms with Gasteiger partial charge in [0, 0.05) is 5.39 Å². The van der Waals surface area contributed by atoms with Gasteiger partial charge in [0.05, 0.1) is 16.9 Å². The minimum Gasteiger partial charge on any atom is -0.246 e. The highest BCUT2D eigenvalue weighted by atomic mass is 79.9. The molecular formula is C13H8BrN3. The largest absolute Gasteiger partial charge is 0.246 e. The van der Waals surface area contributed by atoms with Crippen LogP contribution < -0.4 is 0 Å². The van der Waals surface area contributed by atoms with Gasteiger partial charge in [0.25, 0.3) is 0 Å². The van der Waals surface area contributed by atoms with Crippen LogP contribution in [0.1, 0.15) is 0 Å². The van der Waals surface area contributed by atoms with E-state index in [9.17, 15) is 0 Å². The van der Waals surface area contributed by atoms with Gasteiger partial charge in [-0.2, -0.15) is 0 Å². The van der Waals surface area contributed by atoms with Crippen molar-refractivity contribution in [1.82, 2.24) is 15.0 Å². The van der Waals surface area contributed by atoms with Crippen molar-refractivity contribution >= 4 is 26.8 Å². The zero-order valence-electron chi connectivity index (χ0n) is 8.84. The maximum Gasteiger partial charge on any atom is 0.117 e. The molecule has 0 saturated heterocycles. The van der Waals surface area contributed by atoms with Crippen molar-refractivity contribution in [3.05, 3.63) is 53.4 Å². The van der Waals surface area contributed by atoms with Gasteiger partial charge in [0.15, 0.2) is 0 Å². The second-order valence-electron chi connectivity index (χ2n) is 3.62. The van der Waals surface area contributed by atoms with Crippen LogP contribution >= 0.6 is 15.9 Å². The lowest BCUT2D eigenvalue weighted by Gasteiger charge is -2.02. The second-order valence-corrected chi connectivity index (χ2v) is 4.43. The van der Waals surface area contributed by atoms with Gasteiger partial charge < -0.3 is 0 Å². The number of hydrogen-bond donors (Lipinski definition) is 0. The molecule has 2 aromatic heterocycles. The van der Waals surface area contributed by atoms with Gasteiger partial charge in [-0.3, -0.25) is 0 Å². The molecule has 0 aliphatic carbocycles. The van der Waals surface area contributed by atoms with Gasteiger partial charge >= 0.3 is 0 Å². The molecule has 0 N–H and O–H groups in total. The van der Waals surface area contributed by atoms with E-state index in [1.165, 1.54) is 6.33 Å². The number of aromatic nitrogens is 3. The summed E-state index contributed by atoms with van der Waals surface area (Å²) in [5.41, 5.74) is 2.64. The number of nitrogens with zero attached hydrogens (tertiary/aromatic N) is 3. The topological polar surface area (TPSA) is 38.7 Å². The van der Waals surface area contributed by atoms with Gasteiger partial charge in [0.2, 0.25) is 0 Å². The maximum absolute atomic E-state index is 4.58. The van der Waals surface area contributed by atoms with Crippen molar-refractivity contribution in [3.8, 4) is 11.4 Å². The molecule has 4 heteroatoms. The number of fused-ring (bicyclic) bond motifs is 1. The van der Waals surface area contributed by atoms with Crippen LogP contribution in [0.2, 0.25) is 0 Å². The first-order valence-electron chi connectivity index (χ1n) is 5.17. The van der Waals surface area contributed by atoms with Gasteiger partial charge in [0.1, 0.15) is 10.9 Å². The number of halogens is 1. The van der Waals surface area contributed by atoms with Gasteiger partial charge in [-0.15, -0.1) is 0 Å². The third-order valence-electron chi connectivity index (χ3n) is 2.49. The molecule has 0 unspecified atom stereocenters. The Morgan fingerprint density at radius 3 is 2.65 bits per heavy atom. The summed E-state index contributed by atoms with van der Waals surface area (Å²) < 4.78 is 0.762. The number of benzene rings is 1. The van der Waals surface area contributed by atoms with Crippen LogP contribution in [-0.4, -0.2) is 15.0 Å². The Morgan fingerprint density at radius 1 is 0.882 bits per heavy atom. The summed E-state index contributed by atoms with van der Waals surface area (Å²) in [7, 11) is 0. The highest BCUT2D eigenvalue weighted by Gasteiger charge is 2.03. The smallest absolute Gasteiger partial charge is 0.117 e. The Hall–Kier alpha value is -1.81. The van der Waals surface area contributed by atoms with Crippen LogP contribution in [0.5, 0.6) is 0 Å². The van der Waals surface area contributed by atoms with Crippen molar-refractivity contribution in [2.75, 3.05) is 0 Å². The van der Waals surface area contributed by atoms with Gasteiger partial charge in [-0.05, 0) is 34.1 Å². The summed E-state index contributed by atoms with van der Waals surface area (Å²) in [5.74, 6) is 0. The van der Waals surface area contributed by atoms with Crippen LogP contribution in [0.15, 0.2) is 53.4 Å². The Labute approximate surface area is 107 Å². The lowest BCUT2D eigenvalue weighted by Crippen LogP contribution is -1.89. The molecule has 0 bridgehead atoms. The summed E-state index contributed by atoms with van der Waals surface area (Å²) in [6.45, 7) is 0. The molecule has 2 heterocycles. The maximum atomic E-state index is 4.58. The Kier molecular flexibility index (Phi) is 2.57. The molecule has 3 rings (SSSR count). The molecule has 0 saturated carbocycles. The van der Waals surface area contributed by atoms with Crippen LogP contribution in [0, 0.1) is 0 Å². The van der Waals surface area contributed by atoms with E-state index in [2.05, 4.69) is 30.9 Å². The second kappa shape index (κ2) is 4.22. The molecule has 0 radical (unpaired) electrons. The van der Waals surface area contributed by atoms with E-state index in [-0.39, 0.29) is 0 Å². The predicted octanol–water partition coefficient (Wildman–Crippen LogP) is 3.45. The van der Waals surface area contributed by atoms with E-state index in [4.69, 9.17) is 0 Å². The average Bonchev–Trinajstić information content (AvgIpc) is 2.38. The number of hydrogen-bond acceptors (Lipinski definition) is 3. The quantitative estimate of drug-likeness (QED) is 0.643. The molecular weight excluding hydrogens is 278 g/mol. The number of pyridine rings is 1. The summed E-state index contributed by atoms with van der Waals surface area (Å²) >= 11 is 3.33. The molecule has 3 aromatic rings. The van der Waals surface area contributed by atoms with Crippen molar-refractivity contribution in [1.29, 1.82) is 0 Å². The highest BCUT2D eigenvalue weighted by Crippen LogP contribution is 2.20. The average molecular weight is 286 g/mol. The molecule has 3 nitrogen and oxygen atoms in total. The lowest BCUT2D eigenvalue weighted by molar-refractivity contribution is 1.13. The van der Waals surface area contributed by atoms with Crippen LogP contribution in [0.3, 0.4) is 0 Å². The van der Waals surface area contributed by atoms with Crippen molar-refractivity contribution < 1.29 is 0 Å². The predicted molar refractivity (Wildman–Crippen MR) is 70.5 cm³/mol. The first kappa shape index (κ1) is 10.4. The molecule has 17 heavy (non-hydrogen) atoms. The van der Waals surface area contributed by atoms with E-state index in [1.807, 2.05) is 42.5 Å². The minimum absolute atomic E-state index is 0.762. The van der Waals surface area contributed by atoms with Crippen molar-refractivity contribution in [2.24, 2.45) is 0 Å². The SMILES string of the molecule is Brc1cc(-c2ccc3ccccc3n2)ncn1. The summed E-state index contributed by atoms with van der Waals surface area (Å²) in [5, 5.41) is 1.13. The van der Waals surface area contributed by atoms with Crippen molar-refractivity contribution in [2.45, 2.75) is 0 Å². The minimum atomic E-state index is 0.762. The molecule has 82 valence electrons. The van der Waals surface area contributed by atoms with Crippen LogP contribution in [-0.2, 0) is 0 Å². The Bertz CT molecular complexity index is 682. The third-order valence-corrected chi connectivity index (χ3v) is 2.93. The fourth-order valence-corrected chi connectivity index (χ4v) is 1.99. The molecule has 0 amide bonds. The highest BCUT2D eigenvalue weighted by molar-refractivity contribution is 9.10. The third kappa shape index (κ3) is 2.03. The molecule has 1 aromatic carbocycles. The fourth-order valence-electron chi connectivity index (χ4n) is 1.68. The zero-order chi connectivity index (χ0) is 11.7. The molecule has 0 aliphatic rings. The van der Waals surface area contributed by atoms with Crippen molar-refractivity contribution in [3.63, 3.8) is 0 Å². The van der Waals surface area contributed by atoms with Crippen LogP contribution in [0.25, 0.3) is 22.3 Å². The first-order valence-corrected chi connectivity index (χ1v) is 5.96. The van der Waals surface area contributed by atoms with Gasteiger partial charge in [-0.25, -0.2) is 15.0 Å². The molecule has 0 atom stereocenters. The lowest BCUT2D eigenvalue weighted by atomic mass is 10.2. The van der Waals surface area contributed by atoms with Gasteiger partial charge in [-0.1, -0.05) is 24.3 Å². The van der Waals surface area contributed by atoms with E-state index >= 15 is 0 Å². The van der Waals surface area contributed by atoms with Crippen LogP contribution in [0.4, 0.5) is 0 Å². The molecule has 0 aliphatic heterocycles. The monoisotopic (exact) mass is 285 g/mol. The fraction of sp³-hybridized carbons (Fsp3) is 0. The van der Waals surface area contributed by atoms with E-state index in [0.717, 1.165) is 26.9 Å². The zero-order valence-corrected chi connectivity index (χ0v) is 10.4. The first-order chi connectivity index (χ1) is 8.33. The summed E-state index contributed by atoms with van der Waals surface area (Å²) in [6, 6.07) is 13.9.